The summed E-state index contributed by atoms with van der Waals surface area (Å²) in [6, 6.07) is 3.03. The van der Waals surface area contributed by atoms with Crippen LogP contribution in [-0.2, 0) is 9.47 Å². The second kappa shape index (κ2) is 7.19. The molecule has 0 aromatic carbocycles. The van der Waals surface area contributed by atoms with Crippen molar-refractivity contribution in [3.8, 4) is 0 Å². The number of carbonyl (C=O) groups is 1. The predicted molar refractivity (Wildman–Crippen MR) is 60.6 cm³/mol. The molecule has 0 N–H and O–H groups in total. The summed E-state index contributed by atoms with van der Waals surface area (Å²) >= 11 is 5.65. The molecule has 1 aromatic heterocycles. The van der Waals surface area contributed by atoms with E-state index in [-0.39, 0.29) is 11.8 Å². The molecule has 0 saturated heterocycles. The smallest absolute Gasteiger partial charge is 0.338 e. The zero-order valence-corrected chi connectivity index (χ0v) is 9.87. The van der Waals surface area contributed by atoms with Gasteiger partial charge in [0.15, 0.2) is 0 Å². The van der Waals surface area contributed by atoms with Gasteiger partial charge in [-0.05, 0) is 18.6 Å². The van der Waals surface area contributed by atoms with Gasteiger partial charge in [-0.3, -0.25) is 0 Å². The van der Waals surface area contributed by atoms with E-state index in [9.17, 15) is 4.79 Å². The van der Waals surface area contributed by atoms with Crippen LogP contribution in [0, 0.1) is 0 Å². The molecule has 0 atom stereocenters. The Bertz CT molecular complexity index is 344. The van der Waals surface area contributed by atoms with Crippen LogP contribution in [0.2, 0.25) is 5.15 Å². The van der Waals surface area contributed by atoms with Gasteiger partial charge in [-0.25, -0.2) is 9.78 Å². The number of hydrogen-bond donors (Lipinski definition) is 0. The minimum absolute atomic E-state index is 0.249. The van der Waals surface area contributed by atoms with E-state index < -0.39 is 5.97 Å². The molecule has 16 heavy (non-hydrogen) atoms. The Morgan fingerprint density at radius 1 is 1.44 bits per heavy atom. The third-order valence-corrected chi connectivity index (χ3v) is 1.98. The summed E-state index contributed by atoms with van der Waals surface area (Å²) in [4.78, 5) is 15.2. The maximum Gasteiger partial charge on any atom is 0.338 e. The number of ether oxygens (including phenoxy) is 2. The van der Waals surface area contributed by atoms with E-state index in [4.69, 9.17) is 21.1 Å². The van der Waals surface area contributed by atoms with E-state index in [0.717, 1.165) is 6.42 Å². The van der Waals surface area contributed by atoms with Crippen molar-refractivity contribution in [3.05, 3.63) is 29.0 Å². The second-order valence-corrected chi connectivity index (χ2v) is 3.50. The number of halogens is 1. The standard InChI is InChI=1S/C11H14ClNO3/c1-2-5-15-6-7-16-11(14)9-3-4-13-10(12)8-9/h3-4,8H,2,5-7H2,1H3. The molecular formula is C11H14ClNO3. The van der Waals surface area contributed by atoms with E-state index in [1.165, 1.54) is 12.3 Å². The molecule has 0 radical (unpaired) electrons. The fourth-order valence-electron chi connectivity index (χ4n) is 1.05. The lowest BCUT2D eigenvalue weighted by Crippen LogP contribution is -2.11. The number of carbonyl (C=O) groups excluding carboxylic acids is 1. The first kappa shape index (κ1) is 12.9. The lowest BCUT2D eigenvalue weighted by atomic mass is 10.3. The summed E-state index contributed by atoms with van der Waals surface area (Å²) in [6.07, 6.45) is 2.42. The first-order chi connectivity index (χ1) is 7.74. The summed E-state index contributed by atoms with van der Waals surface area (Å²) in [5, 5.41) is 0.275. The first-order valence-corrected chi connectivity index (χ1v) is 5.48. The van der Waals surface area contributed by atoms with Crippen LogP contribution in [0.3, 0.4) is 0 Å². The van der Waals surface area contributed by atoms with Crippen molar-refractivity contribution in [2.24, 2.45) is 0 Å². The highest BCUT2D eigenvalue weighted by atomic mass is 35.5. The molecule has 0 aliphatic heterocycles. The molecule has 1 heterocycles. The number of esters is 1. The highest BCUT2D eigenvalue weighted by molar-refractivity contribution is 6.29. The third kappa shape index (κ3) is 4.59. The number of rotatable bonds is 6. The van der Waals surface area contributed by atoms with Crippen LogP contribution in [0.15, 0.2) is 18.3 Å². The summed E-state index contributed by atoms with van der Waals surface area (Å²) in [5.74, 6) is -0.413. The lowest BCUT2D eigenvalue weighted by molar-refractivity contribution is 0.0318. The number of aromatic nitrogens is 1. The van der Waals surface area contributed by atoms with Crippen molar-refractivity contribution >= 4 is 17.6 Å². The molecule has 88 valence electrons. The van der Waals surface area contributed by atoms with Crippen molar-refractivity contribution in [3.63, 3.8) is 0 Å². The van der Waals surface area contributed by atoms with Crippen LogP contribution in [-0.4, -0.2) is 30.8 Å². The van der Waals surface area contributed by atoms with Crippen LogP contribution in [0.25, 0.3) is 0 Å². The Morgan fingerprint density at radius 3 is 2.94 bits per heavy atom. The van der Waals surface area contributed by atoms with Crippen molar-refractivity contribution in [1.82, 2.24) is 4.98 Å². The van der Waals surface area contributed by atoms with E-state index in [1.807, 2.05) is 6.92 Å². The number of hydrogen-bond acceptors (Lipinski definition) is 4. The Kier molecular flexibility index (Phi) is 5.82. The van der Waals surface area contributed by atoms with Crippen molar-refractivity contribution < 1.29 is 14.3 Å². The maximum atomic E-state index is 11.5. The molecular weight excluding hydrogens is 230 g/mol. The van der Waals surface area contributed by atoms with E-state index in [1.54, 1.807) is 6.07 Å². The Labute approximate surface area is 99.5 Å². The van der Waals surface area contributed by atoms with Crippen molar-refractivity contribution in [2.75, 3.05) is 19.8 Å². The Balaban J connectivity index is 2.30. The van der Waals surface area contributed by atoms with Gasteiger partial charge >= 0.3 is 5.97 Å². The average Bonchev–Trinajstić information content (AvgIpc) is 2.28. The van der Waals surface area contributed by atoms with E-state index >= 15 is 0 Å². The molecule has 0 amide bonds. The van der Waals surface area contributed by atoms with Gasteiger partial charge in [0.25, 0.3) is 0 Å². The van der Waals surface area contributed by atoms with Crippen LogP contribution in [0.4, 0.5) is 0 Å². The molecule has 0 spiro atoms. The minimum Gasteiger partial charge on any atom is -0.460 e. The van der Waals surface area contributed by atoms with Crippen LogP contribution < -0.4 is 0 Å². The molecule has 0 saturated carbocycles. The molecule has 1 rings (SSSR count). The second-order valence-electron chi connectivity index (χ2n) is 3.12. The zero-order chi connectivity index (χ0) is 11.8. The fourth-order valence-corrected chi connectivity index (χ4v) is 1.23. The quantitative estimate of drug-likeness (QED) is 0.437. The van der Waals surface area contributed by atoms with Gasteiger partial charge in [0.2, 0.25) is 0 Å². The lowest BCUT2D eigenvalue weighted by Gasteiger charge is -2.05. The molecule has 0 unspecified atom stereocenters. The molecule has 1 aromatic rings. The number of pyridine rings is 1. The highest BCUT2D eigenvalue weighted by Crippen LogP contribution is 2.08. The predicted octanol–water partition coefficient (Wildman–Crippen LogP) is 2.32. The van der Waals surface area contributed by atoms with Crippen LogP contribution in [0.5, 0.6) is 0 Å². The summed E-state index contributed by atoms with van der Waals surface area (Å²) in [7, 11) is 0. The van der Waals surface area contributed by atoms with Gasteiger partial charge < -0.3 is 9.47 Å². The molecule has 0 aliphatic rings. The fraction of sp³-hybridized carbons (Fsp3) is 0.455. The SMILES string of the molecule is CCCOCCOC(=O)c1ccnc(Cl)c1. The molecule has 0 aliphatic carbocycles. The molecule has 0 fully saturated rings. The summed E-state index contributed by atoms with van der Waals surface area (Å²) in [5.41, 5.74) is 0.399. The molecule has 5 heteroatoms. The maximum absolute atomic E-state index is 11.5. The van der Waals surface area contributed by atoms with E-state index in [2.05, 4.69) is 4.98 Å². The third-order valence-electron chi connectivity index (χ3n) is 1.77. The van der Waals surface area contributed by atoms with Gasteiger partial charge in [0.1, 0.15) is 11.8 Å². The van der Waals surface area contributed by atoms with Gasteiger partial charge in [0, 0.05) is 12.8 Å². The highest BCUT2D eigenvalue weighted by Gasteiger charge is 2.07. The van der Waals surface area contributed by atoms with Gasteiger partial charge in [-0.2, -0.15) is 0 Å². The minimum atomic E-state index is -0.413. The average molecular weight is 244 g/mol. The Hall–Kier alpha value is -1.13. The zero-order valence-electron chi connectivity index (χ0n) is 9.11. The largest absolute Gasteiger partial charge is 0.460 e. The van der Waals surface area contributed by atoms with Gasteiger partial charge in [0.05, 0.1) is 12.2 Å². The first-order valence-electron chi connectivity index (χ1n) is 5.10. The summed E-state index contributed by atoms with van der Waals surface area (Å²) < 4.78 is 10.2. The molecule has 0 bridgehead atoms. The molecule has 4 nitrogen and oxygen atoms in total. The van der Waals surface area contributed by atoms with Crippen LogP contribution >= 0.6 is 11.6 Å². The monoisotopic (exact) mass is 243 g/mol. The number of nitrogens with zero attached hydrogens (tertiary/aromatic N) is 1. The topological polar surface area (TPSA) is 48.4 Å². The van der Waals surface area contributed by atoms with Gasteiger partial charge in [-0.1, -0.05) is 18.5 Å². The normalized spacial score (nSPS) is 10.1. The van der Waals surface area contributed by atoms with Crippen molar-refractivity contribution in [2.45, 2.75) is 13.3 Å². The Morgan fingerprint density at radius 2 is 2.25 bits per heavy atom. The van der Waals surface area contributed by atoms with Crippen LogP contribution in [0.1, 0.15) is 23.7 Å². The van der Waals surface area contributed by atoms with Crippen molar-refractivity contribution in [1.29, 1.82) is 0 Å². The van der Waals surface area contributed by atoms with E-state index in [0.29, 0.717) is 18.8 Å². The summed E-state index contributed by atoms with van der Waals surface area (Å²) in [6.45, 7) is 3.36. The van der Waals surface area contributed by atoms with Gasteiger partial charge in [-0.15, -0.1) is 0 Å².